The molecule has 0 amide bonds. The molecule has 0 aliphatic heterocycles. The largest absolute Gasteiger partial charge is 0.424 e. The Bertz CT molecular complexity index is 713. The normalized spacial score (nSPS) is 33.3. The fraction of sp³-hybridized carbons (Fsp3) is 0.667. The summed E-state index contributed by atoms with van der Waals surface area (Å²) in [6.07, 6.45) is 16.9. The average molecular weight is 385 g/mol. The van der Waals surface area contributed by atoms with Gasteiger partial charge in [0.25, 0.3) is 6.29 Å². The average Bonchev–Trinajstić information content (AvgIpc) is 3.18. The molecule has 152 valence electrons. The maximum Gasteiger partial charge on any atom is 0.308 e. The number of rotatable bonds is 5. The predicted molar refractivity (Wildman–Crippen MR) is 107 cm³/mol. The van der Waals surface area contributed by atoms with Crippen molar-refractivity contribution in [1.29, 1.82) is 0 Å². The summed E-state index contributed by atoms with van der Waals surface area (Å²) in [5.41, 5.74) is 2.11. The Morgan fingerprint density at radius 1 is 1.11 bits per heavy atom. The van der Waals surface area contributed by atoms with Crippen LogP contribution in [-0.2, 0) is 19.1 Å². The molecule has 1 unspecified atom stereocenters. The fourth-order valence-electron chi connectivity index (χ4n) is 5.90. The van der Waals surface area contributed by atoms with Crippen LogP contribution in [0.15, 0.2) is 35.5 Å². The van der Waals surface area contributed by atoms with E-state index in [4.69, 9.17) is 9.47 Å². The summed E-state index contributed by atoms with van der Waals surface area (Å²) >= 11 is 0. The summed E-state index contributed by atoms with van der Waals surface area (Å²) in [6, 6.07) is 0. The van der Waals surface area contributed by atoms with Crippen molar-refractivity contribution in [3.63, 3.8) is 0 Å². The van der Waals surface area contributed by atoms with E-state index in [0.29, 0.717) is 5.92 Å². The molecule has 4 heteroatoms. The highest BCUT2D eigenvalue weighted by molar-refractivity contribution is 5.71. The number of allylic oxidation sites excluding steroid dienone is 4. The van der Waals surface area contributed by atoms with Crippen LogP contribution in [0, 0.1) is 23.2 Å². The van der Waals surface area contributed by atoms with Crippen molar-refractivity contribution in [1.82, 2.24) is 0 Å². The first-order valence-corrected chi connectivity index (χ1v) is 11.1. The van der Waals surface area contributed by atoms with Gasteiger partial charge in [0.1, 0.15) is 0 Å². The lowest BCUT2D eigenvalue weighted by Crippen LogP contribution is -2.46. The lowest BCUT2D eigenvalue weighted by atomic mass is 9.56. The first-order chi connectivity index (χ1) is 13.6. The van der Waals surface area contributed by atoms with Crippen LogP contribution in [0.25, 0.3) is 0 Å². The number of carbonyl (C=O) groups excluding carboxylic acids is 2. The quantitative estimate of drug-likeness (QED) is 0.480. The van der Waals surface area contributed by atoms with E-state index in [9.17, 15) is 9.59 Å². The van der Waals surface area contributed by atoms with E-state index in [1.165, 1.54) is 36.8 Å². The summed E-state index contributed by atoms with van der Waals surface area (Å²) < 4.78 is 11.4. The van der Waals surface area contributed by atoms with Gasteiger partial charge in [0.15, 0.2) is 0 Å². The molecule has 4 nitrogen and oxygen atoms in total. The van der Waals surface area contributed by atoms with Gasteiger partial charge < -0.3 is 9.47 Å². The van der Waals surface area contributed by atoms with Crippen LogP contribution in [-0.4, -0.2) is 18.2 Å². The molecular weight excluding hydrogens is 352 g/mol. The van der Waals surface area contributed by atoms with Crippen LogP contribution < -0.4 is 0 Å². The number of ether oxygens (including phenoxy) is 2. The third-order valence-corrected chi connectivity index (χ3v) is 7.34. The topological polar surface area (TPSA) is 52.6 Å². The smallest absolute Gasteiger partial charge is 0.308 e. The lowest BCUT2D eigenvalue weighted by molar-refractivity contribution is -0.204. The minimum absolute atomic E-state index is 0.272. The number of carbonyl (C=O) groups is 2. The van der Waals surface area contributed by atoms with Gasteiger partial charge >= 0.3 is 11.9 Å². The highest BCUT2D eigenvalue weighted by Gasteiger charge is 2.53. The summed E-state index contributed by atoms with van der Waals surface area (Å²) in [4.78, 5) is 24.2. The molecule has 4 aliphatic carbocycles. The number of fused-ring (bicyclic) bond motifs is 5. The van der Waals surface area contributed by atoms with E-state index in [1.54, 1.807) is 13.8 Å². The van der Waals surface area contributed by atoms with Crippen molar-refractivity contribution in [2.24, 2.45) is 23.2 Å². The molecule has 0 radical (unpaired) electrons. The van der Waals surface area contributed by atoms with Gasteiger partial charge in [-0.2, -0.15) is 0 Å². The maximum atomic E-state index is 12.1. The first kappa shape index (κ1) is 19.5. The minimum Gasteiger partial charge on any atom is -0.424 e. The van der Waals surface area contributed by atoms with E-state index in [-0.39, 0.29) is 24.8 Å². The molecule has 4 aliphatic rings. The molecule has 0 aromatic carbocycles. The second-order valence-corrected chi connectivity index (χ2v) is 8.75. The molecular formula is C24H32O4. The molecule has 28 heavy (non-hydrogen) atoms. The highest BCUT2D eigenvalue weighted by atomic mass is 16.7. The zero-order chi connectivity index (χ0) is 19.7. The number of hydrogen-bond donors (Lipinski definition) is 0. The first-order valence-electron chi connectivity index (χ1n) is 11.1. The van der Waals surface area contributed by atoms with Crippen LogP contribution in [0.4, 0.5) is 0 Å². The van der Waals surface area contributed by atoms with Gasteiger partial charge in [0.05, 0.1) is 5.41 Å². The lowest BCUT2D eigenvalue weighted by Gasteiger charge is -2.50. The Labute approximate surface area is 168 Å². The van der Waals surface area contributed by atoms with Crippen molar-refractivity contribution < 1.29 is 19.1 Å². The van der Waals surface area contributed by atoms with Gasteiger partial charge in [-0.05, 0) is 61.0 Å². The molecule has 4 atom stereocenters. The van der Waals surface area contributed by atoms with Crippen molar-refractivity contribution in [2.75, 3.05) is 0 Å². The van der Waals surface area contributed by atoms with Crippen LogP contribution in [0.2, 0.25) is 0 Å². The highest BCUT2D eigenvalue weighted by Crippen LogP contribution is 2.58. The molecule has 0 N–H and O–H groups in total. The summed E-state index contributed by atoms with van der Waals surface area (Å²) in [7, 11) is 0. The molecule has 4 rings (SSSR count). The number of esters is 2. The molecule has 0 heterocycles. The van der Waals surface area contributed by atoms with Gasteiger partial charge in [-0.1, -0.05) is 51.0 Å². The predicted octanol–water partition coefficient (Wildman–Crippen LogP) is 5.25. The summed E-state index contributed by atoms with van der Waals surface area (Å²) in [5, 5.41) is 0. The van der Waals surface area contributed by atoms with Crippen molar-refractivity contribution >= 4 is 11.9 Å². The van der Waals surface area contributed by atoms with Gasteiger partial charge in [-0.3, -0.25) is 9.59 Å². The van der Waals surface area contributed by atoms with E-state index in [0.717, 1.165) is 31.1 Å². The van der Waals surface area contributed by atoms with E-state index in [1.807, 2.05) is 0 Å². The van der Waals surface area contributed by atoms with Gasteiger partial charge in [0.2, 0.25) is 0 Å². The Morgan fingerprint density at radius 2 is 1.82 bits per heavy atom. The van der Waals surface area contributed by atoms with Crippen LogP contribution in [0.5, 0.6) is 0 Å². The molecule has 0 bridgehead atoms. The number of hydrogen-bond acceptors (Lipinski definition) is 4. The maximum absolute atomic E-state index is 12.1. The van der Waals surface area contributed by atoms with Gasteiger partial charge in [0, 0.05) is 12.8 Å². The van der Waals surface area contributed by atoms with Gasteiger partial charge in [-0.25, -0.2) is 0 Å². The molecule has 0 aromatic rings. The Kier molecular flexibility index (Phi) is 5.48. The minimum atomic E-state index is -0.872. The summed E-state index contributed by atoms with van der Waals surface area (Å²) in [5.74, 6) is 1.56. The zero-order valence-electron chi connectivity index (χ0n) is 17.1. The van der Waals surface area contributed by atoms with Crippen LogP contribution in [0.1, 0.15) is 71.6 Å². The van der Waals surface area contributed by atoms with Gasteiger partial charge in [-0.15, -0.1) is 0 Å². The monoisotopic (exact) mass is 384 g/mol. The molecule has 0 aromatic heterocycles. The summed E-state index contributed by atoms with van der Waals surface area (Å²) in [6.45, 7) is 3.54. The van der Waals surface area contributed by atoms with E-state index >= 15 is 0 Å². The second-order valence-electron chi connectivity index (χ2n) is 8.75. The standard InChI is InChI=1S/C24H32O4/c1-3-21(25)27-23(28-22(26)4-2)24-14-7-10-20(24)19-12-11-16-8-5-6-9-17(16)18(19)13-15-24/h7,10,12,14,16-18,23H,3-6,8-9,11,13,15H2,1-2H3/t16?,17-,18+,24+/m0/s1. The van der Waals surface area contributed by atoms with Crippen molar-refractivity contribution in [3.05, 3.63) is 35.5 Å². The third kappa shape index (κ3) is 3.25. The van der Waals surface area contributed by atoms with E-state index in [2.05, 4.69) is 24.3 Å². The Hall–Kier alpha value is -1.84. The zero-order valence-corrected chi connectivity index (χ0v) is 17.1. The second kappa shape index (κ2) is 7.88. The van der Waals surface area contributed by atoms with E-state index < -0.39 is 11.7 Å². The molecule has 0 saturated heterocycles. The Morgan fingerprint density at radius 3 is 2.54 bits per heavy atom. The molecule has 2 saturated carbocycles. The molecule has 2 fully saturated rings. The van der Waals surface area contributed by atoms with Crippen LogP contribution in [0.3, 0.4) is 0 Å². The Balaban J connectivity index is 1.65. The third-order valence-electron chi connectivity index (χ3n) is 7.34. The van der Waals surface area contributed by atoms with Crippen molar-refractivity contribution in [2.45, 2.75) is 77.9 Å². The van der Waals surface area contributed by atoms with Crippen LogP contribution >= 0.6 is 0 Å². The molecule has 0 spiro atoms. The fourth-order valence-corrected chi connectivity index (χ4v) is 5.90. The van der Waals surface area contributed by atoms with Crippen molar-refractivity contribution in [3.8, 4) is 0 Å². The SMILES string of the molecule is CCC(=O)OC(OC(=O)CC)[C@@]12C=CC=C1C1=CCC3CCCC[C@@H]3[C@H]1CC2.